The van der Waals surface area contributed by atoms with E-state index in [1.54, 1.807) is 0 Å². The van der Waals surface area contributed by atoms with Gasteiger partial charge in [0.15, 0.2) is 0 Å². The highest BCUT2D eigenvalue weighted by Crippen LogP contribution is 2.41. The minimum absolute atomic E-state index is 0.0278. The summed E-state index contributed by atoms with van der Waals surface area (Å²) in [6.45, 7) is 0. The van der Waals surface area contributed by atoms with E-state index in [1.165, 1.54) is 0 Å². The van der Waals surface area contributed by atoms with Gasteiger partial charge in [-0.2, -0.15) is 0 Å². The second-order valence-electron chi connectivity index (χ2n) is 3.25. The van der Waals surface area contributed by atoms with Gasteiger partial charge in [-0.25, -0.2) is 0 Å². The van der Waals surface area contributed by atoms with Crippen LogP contribution in [0.25, 0.3) is 0 Å². The zero-order valence-corrected chi connectivity index (χ0v) is 5.80. The lowest BCUT2D eigenvalue weighted by molar-refractivity contribution is -0.142. The zero-order chi connectivity index (χ0) is 7.19. The smallest absolute Gasteiger partial charge is 0.306 e. The molecular formula is C7H11NO2. The van der Waals surface area contributed by atoms with Crippen LogP contribution in [0.2, 0.25) is 0 Å². The van der Waals surface area contributed by atoms with Crippen LogP contribution in [0, 0.1) is 0 Å². The molecule has 0 aromatic carbocycles. The van der Waals surface area contributed by atoms with Crippen molar-refractivity contribution in [2.45, 2.75) is 37.3 Å². The third kappa shape index (κ3) is 0.814. The minimum Gasteiger partial charge on any atom is -0.460 e. The van der Waals surface area contributed by atoms with Gasteiger partial charge < -0.3 is 10.5 Å². The third-order valence-electron chi connectivity index (χ3n) is 2.35. The van der Waals surface area contributed by atoms with E-state index in [1.807, 2.05) is 0 Å². The number of esters is 1. The van der Waals surface area contributed by atoms with Gasteiger partial charge in [-0.15, -0.1) is 0 Å². The molecule has 1 aliphatic carbocycles. The highest BCUT2D eigenvalue weighted by molar-refractivity contribution is 5.71. The van der Waals surface area contributed by atoms with Gasteiger partial charge in [0.2, 0.25) is 0 Å². The fourth-order valence-corrected chi connectivity index (χ4v) is 1.40. The molecule has 1 unspecified atom stereocenters. The van der Waals surface area contributed by atoms with E-state index in [4.69, 9.17) is 10.5 Å². The molecule has 2 rings (SSSR count). The normalized spacial score (nSPS) is 35.7. The molecular weight excluding hydrogens is 130 g/mol. The van der Waals surface area contributed by atoms with Gasteiger partial charge in [0.1, 0.15) is 6.10 Å². The van der Waals surface area contributed by atoms with Gasteiger partial charge >= 0.3 is 5.97 Å². The molecule has 0 aromatic rings. The molecule has 2 fully saturated rings. The van der Waals surface area contributed by atoms with Crippen molar-refractivity contribution < 1.29 is 9.53 Å². The molecule has 1 aliphatic heterocycles. The number of cyclic esters (lactones) is 1. The Hall–Kier alpha value is -0.570. The second-order valence-corrected chi connectivity index (χ2v) is 3.25. The van der Waals surface area contributed by atoms with Crippen LogP contribution in [0.15, 0.2) is 0 Å². The van der Waals surface area contributed by atoms with Crippen LogP contribution in [0.5, 0.6) is 0 Å². The fraction of sp³-hybridized carbons (Fsp3) is 0.857. The Morgan fingerprint density at radius 1 is 1.60 bits per heavy atom. The lowest BCUT2D eigenvalue weighted by Crippen LogP contribution is -2.36. The first-order valence-corrected chi connectivity index (χ1v) is 3.69. The maximum atomic E-state index is 10.7. The summed E-state index contributed by atoms with van der Waals surface area (Å²) in [5, 5.41) is 0. The number of rotatable bonds is 1. The summed E-state index contributed by atoms with van der Waals surface area (Å²) in [5.74, 6) is -0.0817. The Labute approximate surface area is 59.5 Å². The molecule has 1 atom stereocenters. The lowest BCUT2D eigenvalue weighted by atomic mass is 10.1. The number of ether oxygens (including phenoxy) is 1. The Bertz CT molecular complexity index is 174. The average molecular weight is 141 g/mol. The number of hydrogen-bond donors (Lipinski definition) is 1. The van der Waals surface area contributed by atoms with E-state index in [0.717, 1.165) is 19.3 Å². The van der Waals surface area contributed by atoms with Crippen molar-refractivity contribution in [3.05, 3.63) is 0 Å². The third-order valence-corrected chi connectivity index (χ3v) is 2.35. The van der Waals surface area contributed by atoms with E-state index in [2.05, 4.69) is 0 Å². The SMILES string of the molecule is NC1(C2CCC(=O)O2)CC1. The fourth-order valence-electron chi connectivity index (χ4n) is 1.40. The van der Waals surface area contributed by atoms with Crippen LogP contribution in [0.3, 0.4) is 0 Å². The highest BCUT2D eigenvalue weighted by Gasteiger charge is 2.49. The lowest BCUT2D eigenvalue weighted by Gasteiger charge is -2.15. The van der Waals surface area contributed by atoms with E-state index < -0.39 is 0 Å². The number of carbonyl (C=O) groups excluding carboxylic acids is 1. The van der Waals surface area contributed by atoms with E-state index in [0.29, 0.717) is 6.42 Å². The molecule has 3 nitrogen and oxygen atoms in total. The monoisotopic (exact) mass is 141 g/mol. The van der Waals surface area contributed by atoms with E-state index in [9.17, 15) is 4.79 Å². The number of hydrogen-bond acceptors (Lipinski definition) is 3. The van der Waals surface area contributed by atoms with Gasteiger partial charge in [0.05, 0.1) is 5.54 Å². The number of nitrogens with two attached hydrogens (primary N) is 1. The molecule has 3 heteroatoms. The van der Waals surface area contributed by atoms with E-state index in [-0.39, 0.29) is 17.6 Å². The highest BCUT2D eigenvalue weighted by atomic mass is 16.6. The van der Waals surface area contributed by atoms with Crippen LogP contribution in [0.4, 0.5) is 0 Å². The molecule has 1 heterocycles. The molecule has 10 heavy (non-hydrogen) atoms. The average Bonchev–Trinajstić information content (AvgIpc) is 2.45. The van der Waals surface area contributed by atoms with Crippen LogP contribution in [0.1, 0.15) is 25.7 Å². The van der Waals surface area contributed by atoms with Crippen molar-refractivity contribution in [1.29, 1.82) is 0 Å². The Morgan fingerprint density at radius 2 is 2.30 bits per heavy atom. The molecule has 2 N–H and O–H groups in total. The molecule has 0 amide bonds. The van der Waals surface area contributed by atoms with Crippen LogP contribution < -0.4 is 5.73 Å². The molecule has 1 saturated heterocycles. The molecule has 2 aliphatic rings. The van der Waals surface area contributed by atoms with Crippen molar-refractivity contribution in [3.63, 3.8) is 0 Å². The predicted octanol–water partition coefficient (Wildman–Crippen LogP) is 0.183. The minimum atomic E-state index is -0.133. The van der Waals surface area contributed by atoms with Gasteiger partial charge in [0.25, 0.3) is 0 Å². The summed E-state index contributed by atoms with van der Waals surface area (Å²) >= 11 is 0. The molecule has 0 aromatic heterocycles. The zero-order valence-electron chi connectivity index (χ0n) is 5.80. The van der Waals surface area contributed by atoms with Crippen molar-refractivity contribution in [3.8, 4) is 0 Å². The van der Waals surface area contributed by atoms with Crippen LogP contribution >= 0.6 is 0 Å². The maximum absolute atomic E-state index is 10.7. The summed E-state index contributed by atoms with van der Waals surface area (Å²) in [4.78, 5) is 10.7. The summed E-state index contributed by atoms with van der Waals surface area (Å²) in [6.07, 6.45) is 3.45. The Kier molecular flexibility index (Phi) is 1.06. The Balaban J connectivity index is 2.01. The van der Waals surface area contributed by atoms with Gasteiger partial charge in [-0.05, 0) is 19.3 Å². The molecule has 1 saturated carbocycles. The van der Waals surface area contributed by atoms with E-state index >= 15 is 0 Å². The van der Waals surface area contributed by atoms with Gasteiger partial charge in [0, 0.05) is 6.42 Å². The summed E-state index contributed by atoms with van der Waals surface area (Å²) in [5.41, 5.74) is 5.70. The van der Waals surface area contributed by atoms with Crippen LogP contribution in [-0.2, 0) is 9.53 Å². The first-order valence-electron chi connectivity index (χ1n) is 3.69. The summed E-state index contributed by atoms with van der Waals surface area (Å²) < 4.78 is 5.02. The summed E-state index contributed by atoms with van der Waals surface area (Å²) in [6, 6.07) is 0. The predicted molar refractivity (Wildman–Crippen MR) is 35.3 cm³/mol. The van der Waals surface area contributed by atoms with Crippen molar-refractivity contribution in [2.75, 3.05) is 0 Å². The van der Waals surface area contributed by atoms with Gasteiger partial charge in [-0.1, -0.05) is 0 Å². The Morgan fingerprint density at radius 3 is 2.70 bits per heavy atom. The maximum Gasteiger partial charge on any atom is 0.306 e. The largest absolute Gasteiger partial charge is 0.460 e. The quantitative estimate of drug-likeness (QED) is 0.530. The molecule has 56 valence electrons. The topological polar surface area (TPSA) is 52.3 Å². The molecule has 0 radical (unpaired) electrons. The standard InChI is InChI=1S/C7H11NO2/c8-7(3-4-7)5-1-2-6(9)10-5/h5H,1-4,8H2. The second kappa shape index (κ2) is 1.72. The molecule has 0 bridgehead atoms. The van der Waals surface area contributed by atoms with Crippen molar-refractivity contribution in [2.24, 2.45) is 5.73 Å². The molecule has 0 spiro atoms. The van der Waals surface area contributed by atoms with Gasteiger partial charge in [-0.3, -0.25) is 4.79 Å². The van der Waals surface area contributed by atoms with Crippen LogP contribution in [-0.4, -0.2) is 17.6 Å². The first-order chi connectivity index (χ1) is 4.71. The number of carbonyl (C=O) groups is 1. The first kappa shape index (κ1) is 6.16. The summed E-state index contributed by atoms with van der Waals surface area (Å²) in [7, 11) is 0. The van der Waals surface area contributed by atoms with Crippen molar-refractivity contribution >= 4 is 5.97 Å². The van der Waals surface area contributed by atoms with Crippen molar-refractivity contribution in [1.82, 2.24) is 0 Å².